The summed E-state index contributed by atoms with van der Waals surface area (Å²) < 4.78 is 15.9. The van der Waals surface area contributed by atoms with E-state index in [-0.39, 0.29) is 6.04 Å². The third-order valence-corrected chi connectivity index (χ3v) is 4.11. The van der Waals surface area contributed by atoms with Crippen LogP contribution in [0.3, 0.4) is 0 Å². The van der Waals surface area contributed by atoms with E-state index in [1.165, 1.54) is 6.08 Å². The fourth-order valence-electron chi connectivity index (χ4n) is 2.22. The van der Waals surface area contributed by atoms with E-state index in [0.717, 1.165) is 18.9 Å². The van der Waals surface area contributed by atoms with Crippen LogP contribution in [0.5, 0.6) is 11.5 Å². The van der Waals surface area contributed by atoms with Gasteiger partial charge in [-0.3, -0.25) is 10.1 Å². The number of hydrogen-bond acceptors (Lipinski definition) is 6. The zero-order valence-electron chi connectivity index (χ0n) is 15.7. The summed E-state index contributed by atoms with van der Waals surface area (Å²) in [6.45, 7) is 4.17. The number of rotatable bonds is 6. The summed E-state index contributed by atoms with van der Waals surface area (Å²) in [5.74, 6) is -0.474. The highest BCUT2D eigenvalue weighted by Gasteiger charge is 2.15. The van der Waals surface area contributed by atoms with Crippen molar-refractivity contribution in [3.05, 3.63) is 28.8 Å². The Morgan fingerprint density at radius 3 is 2.79 bits per heavy atom. The average Bonchev–Trinajstić information content (AvgIpc) is 2.90. The lowest BCUT2D eigenvalue weighted by molar-refractivity contribution is -0.143. The highest BCUT2D eigenvalue weighted by molar-refractivity contribution is 6.32. The summed E-state index contributed by atoms with van der Waals surface area (Å²) in [4.78, 5) is 34.9. The summed E-state index contributed by atoms with van der Waals surface area (Å²) in [6.07, 6.45) is 4.11. The summed E-state index contributed by atoms with van der Waals surface area (Å²) in [6, 6.07) is 2.63. The summed E-state index contributed by atoms with van der Waals surface area (Å²) in [7, 11) is 0. The predicted octanol–water partition coefficient (Wildman–Crippen LogP) is 2.68. The van der Waals surface area contributed by atoms with E-state index in [2.05, 4.69) is 10.6 Å². The molecule has 8 nitrogen and oxygen atoms in total. The summed E-state index contributed by atoms with van der Waals surface area (Å²) in [5, 5.41) is 5.03. The van der Waals surface area contributed by atoms with Gasteiger partial charge in [0, 0.05) is 18.5 Å². The Morgan fingerprint density at radius 1 is 1.29 bits per heavy atom. The fraction of sp³-hybridized carbons (Fsp3) is 0.421. The van der Waals surface area contributed by atoms with E-state index in [9.17, 15) is 14.4 Å². The zero-order chi connectivity index (χ0) is 20.5. The largest absolute Gasteiger partial charge is 0.489 e. The van der Waals surface area contributed by atoms with Gasteiger partial charge in [0.25, 0.3) is 5.91 Å². The van der Waals surface area contributed by atoms with Gasteiger partial charge in [-0.15, -0.1) is 0 Å². The van der Waals surface area contributed by atoms with Gasteiger partial charge in [0.1, 0.15) is 0 Å². The Labute approximate surface area is 168 Å². The van der Waals surface area contributed by atoms with Crippen LogP contribution in [0.15, 0.2) is 18.2 Å². The number of halogens is 1. The molecule has 0 saturated carbocycles. The van der Waals surface area contributed by atoms with Crippen LogP contribution < -0.4 is 20.1 Å². The number of hydrogen-bond donors (Lipinski definition) is 2. The first-order chi connectivity index (χ1) is 13.4. The van der Waals surface area contributed by atoms with Crippen molar-refractivity contribution < 1.29 is 28.6 Å². The number of ether oxygens (including phenoxy) is 3. The molecule has 2 N–H and O–H groups in total. The second kappa shape index (κ2) is 10.6. The van der Waals surface area contributed by atoms with Crippen molar-refractivity contribution in [1.29, 1.82) is 0 Å². The molecule has 9 heteroatoms. The number of nitrogens with one attached hydrogen (secondary N) is 2. The second-order valence-electron chi connectivity index (χ2n) is 6.15. The number of carbonyl (C=O) groups is 3. The highest BCUT2D eigenvalue weighted by atomic mass is 35.5. The van der Waals surface area contributed by atoms with Gasteiger partial charge in [0.15, 0.2) is 18.1 Å². The van der Waals surface area contributed by atoms with Gasteiger partial charge in [-0.05, 0) is 37.1 Å². The molecule has 3 amide bonds. The molecule has 1 atom stereocenters. The molecule has 0 bridgehead atoms. The molecule has 2 rings (SSSR count). The van der Waals surface area contributed by atoms with Gasteiger partial charge in [0.05, 0.1) is 18.2 Å². The third-order valence-electron chi connectivity index (χ3n) is 3.82. The Bertz CT molecular complexity index is 765. The standard InChI is InChI=1S/C19H23ClN2O6/c1-3-12(2)21-19(25)22-16(23)11-28-17(24)6-5-13-9-14(20)18-15(10-13)26-7-4-8-27-18/h5-6,9-10,12H,3-4,7-8,11H2,1-2H3,(H2,21,22,23,25)/b6-5+/t12-/m0/s1. The first kappa shape index (κ1) is 21.6. The number of esters is 1. The maximum Gasteiger partial charge on any atom is 0.331 e. The van der Waals surface area contributed by atoms with E-state index < -0.39 is 24.5 Å². The van der Waals surface area contributed by atoms with Crippen LogP contribution in [0.2, 0.25) is 5.02 Å². The van der Waals surface area contributed by atoms with Crippen molar-refractivity contribution in [2.45, 2.75) is 32.7 Å². The molecule has 1 aromatic carbocycles. The van der Waals surface area contributed by atoms with Crippen molar-refractivity contribution >= 4 is 35.6 Å². The molecule has 1 aliphatic heterocycles. The van der Waals surface area contributed by atoms with Gasteiger partial charge in [-0.1, -0.05) is 18.5 Å². The van der Waals surface area contributed by atoms with Crippen LogP contribution in [-0.4, -0.2) is 43.8 Å². The lowest BCUT2D eigenvalue weighted by Crippen LogP contribution is -2.44. The smallest absolute Gasteiger partial charge is 0.331 e. The minimum Gasteiger partial charge on any atom is -0.489 e. The van der Waals surface area contributed by atoms with E-state index >= 15 is 0 Å². The maximum absolute atomic E-state index is 11.8. The van der Waals surface area contributed by atoms with Crippen LogP contribution in [0.25, 0.3) is 6.08 Å². The third kappa shape index (κ3) is 6.77. The van der Waals surface area contributed by atoms with Crippen LogP contribution in [-0.2, 0) is 14.3 Å². The molecular formula is C19H23ClN2O6. The molecule has 28 heavy (non-hydrogen) atoms. The molecule has 0 saturated heterocycles. The van der Waals surface area contributed by atoms with E-state index in [1.54, 1.807) is 19.1 Å². The summed E-state index contributed by atoms with van der Waals surface area (Å²) >= 11 is 6.19. The van der Waals surface area contributed by atoms with Crippen molar-refractivity contribution in [3.8, 4) is 11.5 Å². The minimum absolute atomic E-state index is 0.0691. The number of imide groups is 1. The highest BCUT2D eigenvalue weighted by Crippen LogP contribution is 2.38. The molecular weight excluding hydrogens is 388 g/mol. The molecule has 0 radical (unpaired) electrons. The van der Waals surface area contributed by atoms with Crippen LogP contribution >= 0.6 is 11.6 Å². The van der Waals surface area contributed by atoms with Gasteiger partial charge in [0.2, 0.25) is 0 Å². The number of urea groups is 1. The molecule has 0 aromatic heterocycles. The molecule has 0 fully saturated rings. The van der Waals surface area contributed by atoms with E-state index in [4.69, 9.17) is 25.8 Å². The Kier molecular flexibility index (Phi) is 8.13. The fourth-order valence-corrected chi connectivity index (χ4v) is 2.49. The molecule has 1 aromatic rings. The molecule has 1 heterocycles. The summed E-state index contributed by atoms with van der Waals surface area (Å²) in [5.41, 5.74) is 0.614. The Balaban J connectivity index is 1.85. The quantitative estimate of drug-likeness (QED) is 0.552. The molecule has 0 unspecified atom stereocenters. The van der Waals surface area contributed by atoms with Crippen molar-refractivity contribution in [2.24, 2.45) is 0 Å². The van der Waals surface area contributed by atoms with Gasteiger partial charge >= 0.3 is 12.0 Å². The number of fused-ring (bicyclic) bond motifs is 1. The number of benzene rings is 1. The van der Waals surface area contributed by atoms with Crippen molar-refractivity contribution in [1.82, 2.24) is 10.6 Å². The van der Waals surface area contributed by atoms with Crippen molar-refractivity contribution in [2.75, 3.05) is 19.8 Å². The van der Waals surface area contributed by atoms with E-state index in [1.807, 2.05) is 6.92 Å². The lowest BCUT2D eigenvalue weighted by Gasteiger charge is -2.11. The monoisotopic (exact) mass is 410 g/mol. The Hall–Kier alpha value is -2.74. The molecule has 0 spiro atoms. The van der Waals surface area contributed by atoms with E-state index in [0.29, 0.717) is 35.3 Å². The SMILES string of the molecule is CC[C@H](C)NC(=O)NC(=O)COC(=O)/C=C/c1cc(Cl)c2c(c1)OCCCO2. The first-order valence-electron chi connectivity index (χ1n) is 8.93. The van der Waals surface area contributed by atoms with Crippen LogP contribution in [0.1, 0.15) is 32.3 Å². The first-order valence-corrected chi connectivity index (χ1v) is 9.31. The predicted molar refractivity (Wildman–Crippen MR) is 103 cm³/mol. The lowest BCUT2D eigenvalue weighted by atomic mass is 10.2. The topological polar surface area (TPSA) is 103 Å². The normalized spacial score (nSPS) is 14.1. The Morgan fingerprint density at radius 2 is 2.04 bits per heavy atom. The zero-order valence-corrected chi connectivity index (χ0v) is 16.5. The van der Waals surface area contributed by atoms with Crippen molar-refractivity contribution in [3.63, 3.8) is 0 Å². The minimum atomic E-state index is -0.735. The van der Waals surface area contributed by atoms with Crippen LogP contribution in [0.4, 0.5) is 4.79 Å². The van der Waals surface area contributed by atoms with Gasteiger partial charge in [-0.25, -0.2) is 9.59 Å². The van der Waals surface area contributed by atoms with Gasteiger partial charge < -0.3 is 19.5 Å². The molecule has 152 valence electrons. The average molecular weight is 411 g/mol. The number of carbonyl (C=O) groups excluding carboxylic acids is 3. The maximum atomic E-state index is 11.8. The second-order valence-corrected chi connectivity index (χ2v) is 6.56. The van der Waals surface area contributed by atoms with Crippen LogP contribution in [0, 0.1) is 0 Å². The molecule has 0 aliphatic carbocycles. The number of amides is 3. The molecule has 1 aliphatic rings. The van der Waals surface area contributed by atoms with Gasteiger partial charge in [-0.2, -0.15) is 0 Å².